The van der Waals surface area contributed by atoms with Gasteiger partial charge in [0.05, 0.1) is 0 Å². The number of hydrogen-bond acceptors (Lipinski definition) is 4. The molecule has 1 N–H and O–H groups in total. The van der Waals surface area contributed by atoms with Crippen molar-refractivity contribution in [2.45, 2.75) is 26.8 Å². The molecule has 0 aliphatic rings. The first kappa shape index (κ1) is 25.8. The van der Waals surface area contributed by atoms with E-state index in [-0.39, 0.29) is 23.6 Å². The number of ketones is 2. The summed E-state index contributed by atoms with van der Waals surface area (Å²) in [7, 11) is 0. The molecule has 180 valence electrons. The lowest BCUT2D eigenvalue weighted by Crippen LogP contribution is -2.55. The van der Waals surface area contributed by atoms with Gasteiger partial charge in [0.15, 0.2) is 11.8 Å². The topological polar surface area (TPSA) is 83.6 Å². The zero-order valence-corrected chi connectivity index (χ0v) is 20.6. The molecule has 7 heteroatoms. The summed E-state index contributed by atoms with van der Waals surface area (Å²) in [6, 6.07) is 19.6. The highest BCUT2D eigenvalue weighted by Crippen LogP contribution is 2.19. The van der Waals surface area contributed by atoms with Gasteiger partial charge in [-0.15, -0.1) is 0 Å². The molecule has 35 heavy (non-hydrogen) atoms. The van der Waals surface area contributed by atoms with Crippen molar-refractivity contribution >= 4 is 40.7 Å². The number of benzene rings is 3. The van der Waals surface area contributed by atoms with Gasteiger partial charge in [0.1, 0.15) is 0 Å². The van der Waals surface area contributed by atoms with E-state index in [0.717, 1.165) is 10.5 Å². The minimum atomic E-state index is -1.56. The largest absolute Gasteiger partial charge is 0.324 e. The van der Waals surface area contributed by atoms with Crippen LogP contribution >= 0.6 is 11.6 Å². The van der Waals surface area contributed by atoms with Crippen LogP contribution in [-0.2, 0) is 9.59 Å². The smallest absolute Gasteiger partial charge is 0.296 e. The Morgan fingerprint density at radius 3 is 2.00 bits per heavy atom. The number of nitrogens with zero attached hydrogens (tertiary/aromatic N) is 1. The lowest BCUT2D eigenvalue weighted by Gasteiger charge is -2.31. The maximum Gasteiger partial charge on any atom is 0.296 e. The summed E-state index contributed by atoms with van der Waals surface area (Å²) in [5.74, 6) is -3.14. The van der Waals surface area contributed by atoms with E-state index in [0.29, 0.717) is 10.7 Å². The summed E-state index contributed by atoms with van der Waals surface area (Å²) in [6.45, 7) is 5.63. The minimum Gasteiger partial charge on any atom is -0.324 e. The third kappa shape index (κ3) is 6.64. The molecule has 0 fully saturated rings. The van der Waals surface area contributed by atoms with Crippen molar-refractivity contribution < 1.29 is 19.2 Å². The maximum atomic E-state index is 13.6. The Kier molecular flexibility index (Phi) is 8.55. The third-order valence-electron chi connectivity index (χ3n) is 5.31. The summed E-state index contributed by atoms with van der Waals surface area (Å²) < 4.78 is 0. The molecule has 0 radical (unpaired) electrons. The minimum absolute atomic E-state index is 0.0305. The van der Waals surface area contributed by atoms with Crippen molar-refractivity contribution in [3.05, 3.63) is 101 Å². The van der Waals surface area contributed by atoms with E-state index in [4.69, 9.17) is 11.6 Å². The van der Waals surface area contributed by atoms with Gasteiger partial charge < -0.3 is 10.2 Å². The fourth-order valence-corrected chi connectivity index (χ4v) is 3.69. The van der Waals surface area contributed by atoms with Gasteiger partial charge in [-0.1, -0.05) is 73.5 Å². The summed E-state index contributed by atoms with van der Waals surface area (Å²) >= 11 is 5.97. The van der Waals surface area contributed by atoms with Gasteiger partial charge in [0.2, 0.25) is 5.78 Å². The highest BCUT2D eigenvalue weighted by molar-refractivity contribution is 6.43. The lowest BCUT2D eigenvalue weighted by atomic mass is 9.99. The van der Waals surface area contributed by atoms with Crippen LogP contribution < -0.4 is 5.32 Å². The Morgan fingerprint density at radius 2 is 1.43 bits per heavy atom. The van der Waals surface area contributed by atoms with Crippen molar-refractivity contribution in [1.29, 1.82) is 0 Å². The normalized spacial score (nSPS) is 11.6. The average molecular weight is 491 g/mol. The number of rotatable bonds is 9. The predicted molar refractivity (Wildman–Crippen MR) is 137 cm³/mol. The molecule has 0 bridgehead atoms. The summed E-state index contributed by atoms with van der Waals surface area (Å²) in [4.78, 5) is 54.7. The van der Waals surface area contributed by atoms with E-state index in [2.05, 4.69) is 5.32 Å². The molecule has 0 aliphatic heterocycles. The van der Waals surface area contributed by atoms with E-state index in [1.165, 1.54) is 36.4 Å². The van der Waals surface area contributed by atoms with Crippen LogP contribution in [0.4, 0.5) is 5.69 Å². The summed E-state index contributed by atoms with van der Waals surface area (Å²) in [5.41, 5.74) is 1.86. The first-order chi connectivity index (χ1) is 16.7. The molecule has 0 spiro atoms. The highest BCUT2D eigenvalue weighted by Gasteiger charge is 2.39. The first-order valence-electron chi connectivity index (χ1n) is 11.2. The quantitative estimate of drug-likeness (QED) is 0.253. The second-order valence-electron chi connectivity index (χ2n) is 8.68. The molecule has 0 aliphatic carbocycles. The second-order valence-corrected chi connectivity index (χ2v) is 9.11. The van der Waals surface area contributed by atoms with Crippen molar-refractivity contribution in [3.8, 4) is 0 Å². The standard InChI is InChI=1S/C28H27ClN2O4/c1-18(2)17-31(28(35)26(33)20-7-5-4-6-8-20)24(25(32)21-11-13-22(29)14-12-21)27(34)30-23-15-9-19(3)10-16-23/h4-16,18,24H,17H2,1-3H3,(H,30,34). The first-order valence-corrected chi connectivity index (χ1v) is 11.6. The highest BCUT2D eigenvalue weighted by atomic mass is 35.5. The molecular formula is C28H27ClN2O4. The fourth-order valence-electron chi connectivity index (χ4n) is 3.56. The number of carbonyl (C=O) groups is 4. The Morgan fingerprint density at radius 1 is 0.829 bits per heavy atom. The Balaban J connectivity index is 2.04. The van der Waals surface area contributed by atoms with Crippen LogP contribution in [-0.4, -0.2) is 40.9 Å². The van der Waals surface area contributed by atoms with Gasteiger partial charge in [0, 0.05) is 28.4 Å². The lowest BCUT2D eigenvalue weighted by molar-refractivity contribution is -0.133. The molecule has 3 aromatic carbocycles. The van der Waals surface area contributed by atoms with Crippen LogP contribution in [0.1, 0.15) is 40.1 Å². The van der Waals surface area contributed by atoms with E-state index >= 15 is 0 Å². The average Bonchev–Trinajstić information content (AvgIpc) is 2.84. The molecule has 3 aromatic rings. The third-order valence-corrected chi connectivity index (χ3v) is 5.56. The molecular weight excluding hydrogens is 464 g/mol. The Bertz CT molecular complexity index is 1210. The number of halogens is 1. The molecule has 1 unspecified atom stereocenters. The van der Waals surface area contributed by atoms with Crippen molar-refractivity contribution in [1.82, 2.24) is 4.90 Å². The molecule has 2 amide bonds. The fraction of sp³-hybridized carbons (Fsp3) is 0.214. The van der Waals surface area contributed by atoms with Crippen LogP contribution in [0.3, 0.4) is 0 Å². The monoisotopic (exact) mass is 490 g/mol. The number of amides is 2. The summed E-state index contributed by atoms with van der Waals surface area (Å²) in [6.07, 6.45) is 0. The van der Waals surface area contributed by atoms with Gasteiger partial charge in [-0.05, 0) is 49.2 Å². The van der Waals surface area contributed by atoms with Gasteiger partial charge in [-0.3, -0.25) is 19.2 Å². The van der Waals surface area contributed by atoms with Gasteiger partial charge in [0.25, 0.3) is 11.8 Å². The summed E-state index contributed by atoms with van der Waals surface area (Å²) in [5, 5.41) is 3.15. The Hall–Kier alpha value is -3.77. The van der Waals surface area contributed by atoms with Crippen molar-refractivity contribution in [3.63, 3.8) is 0 Å². The number of carbonyl (C=O) groups excluding carboxylic acids is 4. The molecule has 1 atom stereocenters. The van der Waals surface area contributed by atoms with Crippen LogP contribution in [0.5, 0.6) is 0 Å². The van der Waals surface area contributed by atoms with Crippen molar-refractivity contribution in [2.75, 3.05) is 11.9 Å². The van der Waals surface area contributed by atoms with E-state index in [1.54, 1.807) is 30.3 Å². The van der Waals surface area contributed by atoms with E-state index in [1.807, 2.05) is 32.9 Å². The Labute approximate surface area is 209 Å². The SMILES string of the molecule is Cc1ccc(NC(=O)C(C(=O)c2ccc(Cl)cc2)N(CC(C)C)C(=O)C(=O)c2ccccc2)cc1. The zero-order valence-electron chi connectivity index (χ0n) is 19.8. The molecule has 3 rings (SSSR count). The molecule has 0 heterocycles. The second kappa shape index (κ2) is 11.6. The maximum absolute atomic E-state index is 13.6. The number of hydrogen-bond donors (Lipinski definition) is 1. The van der Waals surface area contributed by atoms with E-state index in [9.17, 15) is 19.2 Å². The number of nitrogens with one attached hydrogen (secondary N) is 1. The van der Waals surface area contributed by atoms with Gasteiger partial charge >= 0.3 is 0 Å². The molecule has 0 saturated carbocycles. The molecule has 6 nitrogen and oxygen atoms in total. The molecule has 0 saturated heterocycles. The zero-order chi connectivity index (χ0) is 25.5. The van der Waals surface area contributed by atoms with Crippen LogP contribution in [0, 0.1) is 12.8 Å². The van der Waals surface area contributed by atoms with Crippen LogP contribution in [0.2, 0.25) is 5.02 Å². The number of anilines is 1. The molecule has 0 aromatic heterocycles. The predicted octanol–water partition coefficient (Wildman–Crippen LogP) is 5.21. The number of aryl methyl sites for hydroxylation is 1. The van der Waals surface area contributed by atoms with E-state index < -0.39 is 29.4 Å². The van der Waals surface area contributed by atoms with Crippen molar-refractivity contribution in [2.24, 2.45) is 5.92 Å². The number of Topliss-reactive ketones (excluding diaryl/α,β-unsaturated/α-hetero) is 2. The van der Waals surface area contributed by atoms with Crippen LogP contribution in [0.15, 0.2) is 78.9 Å². The van der Waals surface area contributed by atoms with Crippen LogP contribution in [0.25, 0.3) is 0 Å². The van der Waals surface area contributed by atoms with Gasteiger partial charge in [-0.2, -0.15) is 0 Å². The van der Waals surface area contributed by atoms with Gasteiger partial charge in [-0.25, -0.2) is 0 Å².